The molecule has 6 nitrogen and oxygen atoms in total. The molecule has 0 saturated carbocycles. The molecule has 0 unspecified atom stereocenters. The number of amides is 3. The first-order valence-corrected chi connectivity index (χ1v) is 9.24. The van der Waals surface area contributed by atoms with Crippen molar-refractivity contribution in [2.24, 2.45) is 0 Å². The SMILES string of the molecule is COc1ccccc1NC(=O)Nc1ccccc1C(=O)N[C@@H](C)c1ccccc1. The summed E-state index contributed by atoms with van der Waals surface area (Å²) >= 11 is 0. The molecule has 1 atom stereocenters. The van der Waals surface area contributed by atoms with E-state index in [1.54, 1.807) is 42.5 Å². The van der Waals surface area contributed by atoms with Crippen LogP contribution in [0.1, 0.15) is 28.9 Å². The molecule has 148 valence electrons. The number of ether oxygens (including phenoxy) is 1. The summed E-state index contributed by atoms with van der Waals surface area (Å²) in [5, 5.41) is 8.44. The van der Waals surface area contributed by atoms with Crippen molar-refractivity contribution in [1.29, 1.82) is 0 Å². The number of rotatable bonds is 6. The molecule has 3 amide bonds. The molecular weight excluding hydrogens is 366 g/mol. The minimum absolute atomic E-state index is 0.167. The molecule has 0 spiro atoms. The average Bonchev–Trinajstić information content (AvgIpc) is 2.75. The van der Waals surface area contributed by atoms with Gasteiger partial charge in [-0.15, -0.1) is 0 Å². The minimum Gasteiger partial charge on any atom is -0.495 e. The van der Waals surface area contributed by atoms with Gasteiger partial charge in [-0.3, -0.25) is 4.79 Å². The molecule has 0 radical (unpaired) electrons. The average molecular weight is 389 g/mol. The Morgan fingerprint density at radius 1 is 0.793 bits per heavy atom. The van der Waals surface area contributed by atoms with Crippen molar-refractivity contribution in [2.75, 3.05) is 17.7 Å². The van der Waals surface area contributed by atoms with Gasteiger partial charge in [0.2, 0.25) is 0 Å². The third-order valence-corrected chi connectivity index (χ3v) is 4.42. The van der Waals surface area contributed by atoms with Crippen LogP contribution in [0.4, 0.5) is 16.2 Å². The smallest absolute Gasteiger partial charge is 0.323 e. The summed E-state index contributed by atoms with van der Waals surface area (Å²) in [6.45, 7) is 1.91. The fourth-order valence-electron chi connectivity index (χ4n) is 2.91. The van der Waals surface area contributed by atoms with Crippen LogP contribution in [0.15, 0.2) is 78.9 Å². The zero-order valence-corrected chi connectivity index (χ0v) is 16.3. The summed E-state index contributed by atoms with van der Waals surface area (Å²) in [7, 11) is 1.53. The lowest BCUT2D eigenvalue weighted by Crippen LogP contribution is -2.28. The highest BCUT2D eigenvalue weighted by molar-refractivity contribution is 6.07. The third kappa shape index (κ3) is 5.13. The number of urea groups is 1. The summed E-state index contributed by atoms with van der Waals surface area (Å²) in [6, 6.07) is 23.0. The van der Waals surface area contributed by atoms with Crippen molar-refractivity contribution in [3.05, 3.63) is 90.0 Å². The second kappa shape index (κ2) is 9.41. The van der Waals surface area contributed by atoms with Crippen molar-refractivity contribution < 1.29 is 14.3 Å². The number of carbonyl (C=O) groups is 2. The fraction of sp³-hybridized carbons (Fsp3) is 0.130. The Kier molecular flexibility index (Phi) is 6.47. The molecule has 3 aromatic carbocycles. The standard InChI is InChI=1S/C23H23N3O3/c1-16(17-10-4-3-5-11-17)24-22(27)18-12-6-7-13-19(18)25-23(28)26-20-14-8-9-15-21(20)29-2/h3-16H,1-2H3,(H,24,27)(H2,25,26,28)/t16-/m0/s1. The summed E-state index contributed by atoms with van der Waals surface area (Å²) < 4.78 is 5.24. The van der Waals surface area contributed by atoms with E-state index in [4.69, 9.17) is 4.74 Å². The Bertz CT molecular complexity index is 989. The highest BCUT2D eigenvalue weighted by Gasteiger charge is 2.16. The van der Waals surface area contributed by atoms with E-state index in [1.165, 1.54) is 7.11 Å². The second-order valence-corrected chi connectivity index (χ2v) is 6.43. The molecule has 3 N–H and O–H groups in total. The van der Waals surface area contributed by atoms with E-state index in [2.05, 4.69) is 16.0 Å². The predicted molar refractivity (Wildman–Crippen MR) is 114 cm³/mol. The first-order chi connectivity index (χ1) is 14.1. The zero-order chi connectivity index (χ0) is 20.6. The van der Waals surface area contributed by atoms with Crippen LogP contribution in [0.2, 0.25) is 0 Å². The lowest BCUT2D eigenvalue weighted by molar-refractivity contribution is 0.0941. The number of anilines is 2. The van der Waals surface area contributed by atoms with Gasteiger partial charge in [0.25, 0.3) is 5.91 Å². The zero-order valence-electron chi connectivity index (χ0n) is 16.3. The van der Waals surface area contributed by atoms with E-state index >= 15 is 0 Å². The Labute approximate surface area is 169 Å². The first kappa shape index (κ1) is 19.9. The third-order valence-electron chi connectivity index (χ3n) is 4.42. The van der Waals surface area contributed by atoms with Gasteiger partial charge in [0.1, 0.15) is 5.75 Å². The normalized spacial score (nSPS) is 11.2. The summed E-state index contributed by atoms with van der Waals surface area (Å²) in [6.07, 6.45) is 0. The van der Waals surface area contributed by atoms with Crippen LogP contribution in [0, 0.1) is 0 Å². The fourth-order valence-corrected chi connectivity index (χ4v) is 2.91. The van der Waals surface area contributed by atoms with Gasteiger partial charge in [-0.1, -0.05) is 54.6 Å². The number of benzene rings is 3. The number of carbonyl (C=O) groups excluding carboxylic acids is 2. The highest BCUT2D eigenvalue weighted by Crippen LogP contribution is 2.24. The van der Waals surface area contributed by atoms with E-state index in [0.717, 1.165) is 5.56 Å². The minimum atomic E-state index is -0.467. The monoisotopic (exact) mass is 389 g/mol. The first-order valence-electron chi connectivity index (χ1n) is 9.24. The van der Waals surface area contributed by atoms with Crippen molar-refractivity contribution in [3.63, 3.8) is 0 Å². The molecule has 0 aromatic heterocycles. The van der Waals surface area contributed by atoms with Crippen LogP contribution in [0.5, 0.6) is 5.75 Å². The quantitative estimate of drug-likeness (QED) is 0.565. The van der Waals surface area contributed by atoms with Crippen molar-refractivity contribution in [2.45, 2.75) is 13.0 Å². The van der Waals surface area contributed by atoms with E-state index in [9.17, 15) is 9.59 Å². The maximum Gasteiger partial charge on any atom is 0.323 e. The molecule has 3 rings (SSSR count). The Hall–Kier alpha value is -3.80. The molecule has 29 heavy (non-hydrogen) atoms. The molecule has 3 aromatic rings. The maximum absolute atomic E-state index is 12.8. The van der Waals surface area contributed by atoms with Crippen molar-refractivity contribution in [1.82, 2.24) is 5.32 Å². The Balaban J connectivity index is 1.71. The number of hydrogen-bond donors (Lipinski definition) is 3. The van der Waals surface area contributed by atoms with Gasteiger partial charge in [-0.05, 0) is 36.8 Å². The molecule has 0 aliphatic heterocycles. The summed E-state index contributed by atoms with van der Waals surface area (Å²) in [5.74, 6) is 0.278. The van der Waals surface area contributed by atoms with E-state index < -0.39 is 6.03 Å². The Morgan fingerprint density at radius 3 is 2.10 bits per heavy atom. The molecule has 0 aliphatic rings. The summed E-state index contributed by atoms with van der Waals surface area (Å²) in [5.41, 5.74) is 2.33. The highest BCUT2D eigenvalue weighted by atomic mass is 16.5. The molecular formula is C23H23N3O3. The molecule has 0 bridgehead atoms. The largest absolute Gasteiger partial charge is 0.495 e. The van der Waals surface area contributed by atoms with Gasteiger partial charge in [-0.2, -0.15) is 0 Å². The molecule has 0 fully saturated rings. The number of hydrogen-bond acceptors (Lipinski definition) is 3. The van der Waals surface area contributed by atoms with Crippen LogP contribution in [-0.4, -0.2) is 19.0 Å². The number of para-hydroxylation sites is 3. The van der Waals surface area contributed by atoms with Gasteiger partial charge in [0.05, 0.1) is 30.1 Å². The van der Waals surface area contributed by atoms with Crippen LogP contribution >= 0.6 is 0 Å². The van der Waals surface area contributed by atoms with E-state index in [0.29, 0.717) is 22.7 Å². The van der Waals surface area contributed by atoms with Gasteiger partial charge in [0, 0.05) is 0 Å². The van der Waals surface area contributed by atoms with Crippen molar-refractivity contribution in [3.8, 4) is 5.75 Å². The van der Waals surface area contributed by atoms with Gasteiger partial charge >= 0.3 is 6.03 Å². The van der Waals surface area contributed by atoms with Gasteiger partial charge < -0.3 is 20.7 Å². The van der Waals surface area contributed by atoms with Crippen molar-refractivity contribution >= 4 is 23.3 Å². The van der Waals surface area contributed by atoms with Gasteiger partial charge in [-0.25, -0.2) is 4.79 Å². The lowest BCUT2D eigenvalue weighted by atomic mass is 10.1. The Morgan fingerprint density at radius 2 is 1.38 bits per heavy atom. The van der Waals surface area contributed by atoms with Crippen LogP contribution in [-0.2, 0) is 0 Å². The van der Waals surface area contributed by atoms with E-state index in [-0.39, 0.29) is 11.9 Å². The summed E-state index contributed by atoms with van der Waals surface area (Å²) in [4.78, 5) is 25.2. The van der Waals surface area contributed by atoms with Gasteiger partial charge in [0.15, 0.2) is 0 Å². The predicted octanol–water partition coefficient (Wildman–Crippen LogP) is 4.83. The van der Waals surface area contributed by atoms with Crippen LogP contribution < -0.4 is 20.7 Å². The number of methoxy groups -OCH3 is 1. The van der Waals surface area contributed by atoms with Crippen LogP contribution in [0.25, 0.3) is 0 Å². The van der Waals surface area contributed by atoms with E-state index in [1.807, 2.05) is 43.3 Å². The topological polar surface area (TPSA) is 79.5 Å². The maximum atomic E-state index is 12.8. The van der Waals surface area contributed by atoms with Crippen LogP contribution in [0.3, 0.4) is 0 Å². The lowest BCUT2D eigenvalue weighted by Gasteiger charge is -2.17. The molecule has 0 heterocycles. The number of nitrogens with one attached hydrogen (secondary N) is 3. The molecule has 0 aliphatic carbocycles. The molecule has 0 saturated heterocycles. The molecule has 6 heteroatoms. The second-order valence-electron chi connectivity index (χ2n) is 6.43.